The van der Waals surface area contributed by atoms with E-state index in [0.717, 1.165) is 36.3 Å². The van der Waals surface area contributed by atoms with Gasteiger partial charge < -0.3 is 0 Å². The van der Waals surface area contributed by atoms with Crippen LogP contribution >= 0.6 is 11.6 Å². The number of pyridine rings is 1. The lowest BCUT2D eigenvalue weighted by atomic mass is 10.1. The maximum Gasteiger partial charge on any atom is 0.133 e. The van der Waals surface area contributed by atoms with Gasteiger partial charge in [-0.25, -0.2) is 9.97 Å². The van der Waals surface area contributed by atoms with Crippen LogP contribution in [0.3, 0.4) is 0 Å². The summed E-state index contributed by atoms with van der Waals surface area (Å²) < 4.78 is 0. The Kier molecular flexibility index (Phi) is 4.04. The molecule has 2 aromatic rings. The van der Waals surface area contributed by atoms with Crippen LogP contribution in [0.25, 0.3) is 0 Å². The minimum absolute atomic E-state index is 0.516. The molecule has 0 atom stereocenters. The van der Waals surface area contributed by atoms with E-state index in [1.165, 1.54) is 0 Å². The first-order valence-corrected chi connectivity index (χ1v) is 6.07. The standard InChI is InChI=1S/C13H14ClN3/c1-2-4-13-16-11(8-12(14)17-13)7-10-5-3-6-15-9-10/h3,5-6,8-9H,2,4,7H2,1H3. The Morgan fingerprint density at radius 2 is 2.18 bits per heavy atom. The third-order valence-corrected chi connectivity index (χ3v) is 2.57. The Labute approximate surface area is 106 Å². The third-order valence-electron chi connectivity index (χ3n) is 2.38. The number of nitrogens with zero attached hydrogens (tertiary/aromatic N) is 3. The van der Waals surface area contributed by atoms with Crippen molar-refractivity contribution in [2.24, 2.45) is 0 Å². The first kappa shape index (κ1) is 12.0. The lowest BCUT2D eigenvalue weighted by Gasteiger charge is -2.04. The highest BCUT2D eigenvalue weighted by atomic mass is 35.5. The Morgan fingerprint density at radius 1 is 1.29 bits per heavy atom. The van der Waals surface area contributed by atoms with E-state index in [0.29, 0.717) is 5.15 Å². The van der Waals surface area contributed by atoms with Gasteiger partial charge in [0.05, 0.1) is 5.69 Å². The molecule has 0 aliphatic carbocycles. The van der Waals surface area contributed by atoms with Crippen molar-refractivity contribution in [3.05, 3.63) is 52.8 Å². The van der Waals surface area contributed by atoms with Crippen LogP contribution in [-0.2, 0) is 12.8 Å². The predicted octanol–water partition coefficient (Wildman–Crippen LogP) is 3.07. The van der Waals surface area contributed by atoms with E-state index < -0.39 is 0 Å². The molecular formula is C13H14ClN3. The van der Waals surface area contributed by atoms with Crippen LogP contribution in [0.5, 0.6) is 0 Å². The molecule has 0 N–H and O–H groups in total. The molecule has 3 nitrogen and oxygen atoms in total. The second kappa shape index (κ2) is 5.73. The molecule has 0 unspecified atom stereocenters. The summed E-state index contributed by atoms with van der Waals surface area (Å²) in [6.45, 7) is 2.10. The van der Waals surface area contributed by atoms with Crippen molar-refractivity contribution in [2.75, 3.05) is 0 Å². The van der Waals surface area contributed by atoms with Crippen LogP contribution < -0.4 is 0 Å². The van der Waals surface area contributed by atoms with Gasteiger partial charge in [0, 0.05) is 25.2 Å². The molecule has 0 aliphatic rings. The Balaban J connectivity index is 2.21. The molecule has 2 rings (SSSR count). The molecular weight excluding hydrogens is 234 g/mol. The van der Waals surface area contributed by atoms with E-state index in [1.54, 1.807) is 6.20 Å². The monoisotopic (exact) mass is 247 g/mol. The van der Waals surface area contributed by atoms with Crippen molar-refractivity contribution in [3.63, 3.8) is 0 Å². The van der Waals surface area contributed by atoms with Crippen LogP contribution in [0, 0.1) is 0 Å². The van der Waals surface area contributed by atoms with Crippen LogP contribution in [0.2, 0.25) is 5.15 Å². The second-order valence-corrected chi connectivity index (χ2v) is 4.27. The zero-order valence-electron chi connectivity index (χ0n) is 9.73. The minimum atomic E-state index is 0.516. The van der Waals surface area contributed by atoms with Gasteiger partial charge in [-0.3, -0.25) is 4.98 Å². The third kappa shape index (κ3) is 3.49. The highest BCUT2D eigenvalue weighted by molar-refractivity contribution is 6.29. The van der Waals surface area contributed by atoms with Crippen molar-refractivity contribution in [2.45, 2.75) is 26.2 Å². The first-order chi connectivity index (χ1) is 8.28. The van der Waals surface area contributed by atoms with E-state index in [4.69, 9.17) is 11.6 Å². The maximum absolute atomic E-state index is 5.99. The summed E-state index contributed by atoms with van der Waals surface area (Å²) in [5, 5.41) is 0.516. The zero-order valence-corrected chi connectivity index (χ0v) is 10.5. The Bertz CT molecular complexity index is 485. The largest absolute Gasteiger partial charge is 0.264 e. The molecule has 88 valence electrons. The second-order valence-electron chi connectivity index (χ2n) is 3.89. The van der Waals surface area contributed by atoms with Crippen LogP contribution in [0.15, 0.2) is 30.6 Å². The number of halogens is 1. The summed E-state index contributed by atoms with van der Waals surface area (Å²) in [6.07, 6.45) is 6.23. The van der Waals surface area contributed by atoms with E-state index in [1.807, 2.05) is 24.4 Å². The number of rotatable bonds is 4. The average Bonchev–Trinajstić information content (AvgIpc) is 2.30. The number of aryl methyl sites for hydroxylation is 1. The van der Waals surface area contributed by atoms with Crippen LogP contribution in [-0.4, -0.2) is 15.0 Å². The molecule has 4 heteroatoms. The van der Waals surface area contributed by atoms with Gasteiger partial charge in [0.25, 0.3) is 0 Å². The molecule has 0 aliphatic heterocycles. The van der Waals surface area contributed by atoms with Gasteiger partial charge in [-0.15, -0.1) is 0 Å². The number of hydrogen-bond acceptors (Lipinski definition) is 3. The van der Waals surface area contributed by atoms with Gasteiger partial charge in [0.2, 0.25) is 0 Å². The number of hydrogen-bond donors (Lipinski definition) is 0. The van der Waals surface area contributed by atoms with Crippen molar-refractivity contribution >= 4 is 11.6 Å². The van der Waals surface area contributed by atoms with Crippen LogP contribution in [0.4, 0.5) is 0 Å². The molecule has 2 heterocycles. The Morgan fingerprint density at radius 3 is 2.88 bits per heavy atom. The molecule has 0 aromatic carbocycles. The van der Waals surface area contributed by atoms with Crippen molar-refractivity contribution in [1.82, 2.24) is 15.0 Å². The normalized spacial score (nSPS) is 10.5. The summed E-state index contributed by atoms with van der Waals surface area (Å²) in [4.78, 5) is 12.8. The summed E-state index contributed by atoms with van der Waals surface area (Å²) >= 11 is 5.99. The van der Waals surface area contributed by atoms with E-state index in [2.05, 4.69) is 21.9 Å². The average molecular weight is 248 g/mol. The summed E-state index contributed by atoms with van der Waals surface area (Å²) in [6, 6.07) is 5.77. The lowest BCUT2D eigenvalue weighted by molar-refractivity contribution is 0.817. The van der Waals surface area contributed by atoms with Crippen molar-refractivity contribution in [1.29, 1.82) is 0 Å². The smallest absolute Gasteiger partial charge is 0.133 e. The van der Waals surface area contributed by atoms with E-state index in [-0.39, 0.29) is 0 Å². The molecule has 2 aromatic heterocycles. The summed E-state index contributed by atoms with van der Waals surface area (Å²) in [7, 11) is 0. The van der Waals surface area contributed by atoms with Gasteiger partial charge in [0.15, 0.2) is 0 Å². The summed E-state index contributed by atoms with van der Waals surface area (Å²) in [5.41, 5.74) is 2.08. The molecule has 0 bridgehead atoms. The summed E-state index contributed by atoms with van der Waals surface area (Å²) in [5.74, 6) is 0.818. The fourth-order valence-corrected chi connectivity index (χ4v) is 1.88. The van der Waals surface area contributed by atoms with Crippen molar-refractivity contribution < 1.29 is 0 Å². The van der Waals surface area contributed by atoms with Gasteiger partial charge in [0.1, 0.15) is 11.0 Å². The molecule has 0 fully saturated rings. The molecule has 0 radical (unpaired) electrons. The Hall–Kier alpha value is -1.48. The molecule has 0 saturated heterocycles. The number of aromatic nitrogens is 3. The van der Waals surface area contributed by atoms with Crippen molar-refractivity contribution in [3.8, 4) is 0 Å². The van der Waals surface area contributed by atoms with Gasteiger partial charge in [-0.1, -0.05) is 24.6 Å². The van der Waals surface area contributed by atoms with Gasteiger partial charge in [-0.2, -0.15) is 0 Å². The molecule has 17 heavy (non-hydrogen) atoms. The fourth-order valence-electron chi connectivity index (χ4n) is 1.65. The lowest BCUT2D eigenvalue weighted by Crippen LogP contribution is -2.00. The highest BCUT2D eigenvalue weighted by Gasteiger charge is 2.04. The SMILES string of the molecule is CCCc1nc(Cl)cc(Cc2cccnc2)n1. The van der Waals surface area contributed by atoms with Gasteiger partial charge in [-0.05, 0) is 24.1 Å². The molecule has 0 spiro atoms. The van der Waals surface area contributed by atoms with E-state index in [9.17, 15) is 0 Å². The molecule has 0 amide bonds. The first-order valence-electron chi connectivity index (χ1n) is 5.69. The predicted molar refractivity (Wildman–Crippen MR) is 68.1 cm³/mol. The highest BCUT2D eigenvalue weighted by Crippen LogP contribution is 2.12. The minimum Gasteiger partial charge on any atom is -0.264 e. The zero-order chi connectivity index (χ0) is 12.1. The quantitative estimate of drug-likeness (QED) is 0.780. The molecule has 0 saturated carbocycles. The van der Waals surface area contributed by atoms with Gasteiger partial charge >= 0.3 is 0 Å². The van der Waals surface area contributed by atoms with Crippen LogP contribution in [0.1, 0.15) is 30.4 Å². The topological polar surface area (TPSA) is 38.7 Å². The van der Waals surface area contributed by atoms with E-state index >= 15 is 0 Å². The fraction of sp³-hybridized carbons (Fsp3) is 0.308. The maximum atomic E-state index is 5.99.